The Labute approximate surface area is 144 Å². The van der Waals surface area contributed by atoms with E-state index < -0.39 is 0 Å². The van der Waals surface area contributed by atoms with E-state index in [2.05, 4.69) is 10.3 Å². The molecule has 1 N–H and O–H groups in total. The third kappa shape index (κ3) is 3.75. The van der Waals surface area contributed by atoms with Crippen LogP contribution < -0.4 is 5.32 Å². The molecule has 23 heavy (non-hydrogen) atoms. The number of aromatic nitrogens is 1. The van der Waals surface area contributed by atoms with E-state index in [0.29, 0.717) is 53.3 Å². The molecule has 2 heterocycles. The lowest BCUT2D eigenvalue weighted by Gasteiger charge is -2.26. The van der Waals surface area contributed by atoms with Crippen LogP contribution in [-0.2, 0) is 4.74 Å². The molecule has 5 nitrogen and oxygen atoms in total. The molecule has 2 aromatic rings. The Hall–Kier alpha value is -1.82. The van der Waals surface area contributed by atoms with E-state index in [1.54, 1.807) is 35.5 Å². The van der Waals surface area contributed by atoms with Crippen molar-refractivity contribution in [2.24, 2.45) is 0 Å². The topological polar surface area (TPSA) is 54.5 Å². The summed E-state index contributed by atoms with van der Waals surface area (Å²) >= 11 is 12.2. The number of benzene rings is 1. The van der Waals surface area contributed by atoms with Gasteiger partial charge in [-0.2, -0.15) is 0 Å². The zero-order valence-corrected chi connectivity index (χ0v) is 13.8. The number of carbonyl (C=O) groups is 1. The summed E-state index contributed by atoms with van der Waals surface area (Å²) in [7, 11) is 0. The van der Waals surface area contributed by atoms with E-state index in [4.69, 9.17) is 27.9 Å². The smallest absolute Gasteiger partial charge is 0.255 e. The van der Waals surface area contributed by atoms with Crippen LogP contribution in [0.15, 0.2) is 36.7 Å². The normalized spacial score (nSPS) is 14.6. The zero-order valence-electron chi connectivity index (χ0n) is 12.3. The third-order valence-corrected chi connectivity index (χ3v) is 4.33. The predicted octanol–water partition coefficient (Wildman–Crippen LogP) is 3.60. The number of carbonyl (C=O) groups excluding carboxylic acids is 1. The molecule has 7 heteroatoms. The minimum absolute atomic E-state index is 0.0540. The quantitative estimate of drug-likeness (QED) is 0.917. The van der Waals surface area contributed by atoms with Crippen LogP contribution in [-0.4, -0.2) is 42.1 Å². The average Bonchev–Trinajstić information content (AvgIpc) is 2.59. The largest absolute Gasteiger partial charge is 0.378 e. The number of halogens is 2. The molecule has 0 saturated carbocycles. The van der Waals surface area contributed by atoms with Crippen molar-refractivity contribution in [1.29, 1.82) is 0 Å². The average molecular weight is 352 g/mol. The molecule has 0 atom stereocenters. The number of anilines is 2. The maximum atomic E-state index is 12.5. The monoisotopic (exact) mass is 351 g/mol. The van der Waals surface area contributed by atoms with Gasteiger partial charge in [-0.05, 0) is 18.2 Å². The molecule has 120 valence electrons. The Bertz CT molecular complexity index is 718. The number of rotatable bonds is 3. The Morgan fingerprint density at radius 3 is 2.78 bits per heavy atom. The number of nitrogens with zero attached hydrogens (tertiary/aromatic N) is 2. The van der Waals surface area contributed by atoms with Crippen molar-refractivity contribution in [3.8, 4) is 0 Å². The van der Waals surface area contributed by atoms with Gasteiger partial charge in [-0.1, -0.05) is 29.3 Å². The lowest BCUT2D eigenvalue weighted by atomic mass is 10.2. The zero-order chi connectivity index (χ0) is 16.2. The van der Waals surface area contributed by atoms with E-state index in [1.807, 2.05) is 6.07 Å². The van der Waals surface area contributed by atoms with Crippen molar-refractivity contribution >= 4 is 40.5 Å². The predicted molar refractivity (Wildman–Crippen MR) is 90.7 cm³/mol. The van der Waals surface area contributed by atoms with Crippen LogP contribution in [0, 0.1) is 0 Å². The second kappa shape index (κ2) is 7.17. The van der Waals surface area contributed by atoms with Crippen molar-refractivity contribution in [3.05, 3.63) is 52.3 Å². The Morgan fingerprint density at radius 1 is 1.22 bits per heavy atom. The molecule has 1 aromatic heterocycles. The van der Waals surface area contributed by atoms with Crippen LogP contribution in [0.4, 0.5) is 11.4 Å². The molecule has 1 aliphatic rings. The molecule has 0 unspecified atom stereocenters. The summed E-state index contributed by atoms with van der Waals surface area (Å²) in [5.74, 6) is -0.0540. The van der Waals surface area contributed by atoms with Gasteiger partial charge in [-0.25, -0.2) is 0 Å². The summed E-state index contributed by atoms with van der Waals surface area (Å²) in [5.41, 5.74) is 1.86. The maximum Gasteiger partial charge on any atom is 0.255 e. The number of ether oxygens (including phenoxy) is 1. The number of nitrogens with one attached hydrogen (secondary N) is 1. The highest BCUT2D eigenvalue weighted by Gasteiger charge is 2.19. The number of morpholine rings is 1. The van der Waals surface area contributed by atoms with Gasteiger partial charge in [0.25, 0.3) is 5.91 Å². The van der Waals surface area contributed by atoms with Gasteiger partial charge in [0.1, 0.15) is 0 Å². The van der Waals surface area contributed by atoms with Crippen LogP contribution in [0.2, 0.25) is 10.0 Å². The van der Waals surface area contributed by atoms with Gasteiger partial charge in [0.05, 0.1) is 46.4 Å². The summed E-state index contributed by atoms with van der Waals surface area (Å²) in [6.07, 6.45) is 3.19. The number of amides is 1. The van der Waals surface area contributed by atoms with Gasteiger partial charge in [-0.3, -0.25) is 9.78 Å². The van der Waals surface area contributed by atoms with E-state index in [1.165, 1.54) is 0 Å². The minimum atomic E-state index is -0.0540. The molecular weight excluding hydrogens is 337 g/mol. The van der Waals surface area contributed by atoms with Crippen LogP contribution in [0.3, 0.4) is 0 Å². The first-order valence-electron chi connectivity index (χ1n) is 7.18. The molecule has 1 aromatic carbocycles. The van der Waals surface area contributed by atoms with Crippen LogP contribution >= 0.6 is 23.2 Å². The molecular formula is C16H15Cl2N3O2. The standard InChI is InChI=1S/C16H15Cl2N3O2/c17-13-2-1-3-14(15(13)18)20-12-8-11(9-19-10-12)16(22)21-4-6-23-7-5-21/h1-3,8-10,20H,4-7H2. The highest BCUT2D eigenvalue weighted by Crippen LogP contribution is 2.31. The van der Waals surface area contributed by atoms with Crippen LogP contribution in [0.1, 0.15) is 10.4 Å². The van der Waals surface area contributed by atoms with Gasteiger partial charge in [-0.15, -0.1) is 0 Å². The van der Waals surface area contributed by atoms with Crippen molar-refractivity contribution in [2.45, 2.75) is 0 Å². The van der Waals surface area contributed by atoms with Gasteiger partial charge < -0.3 is 15.0 Å². The van der Waals surface area contributed by atoms with Crippen molar-refractivity contribution in [2.75, 3.05) is 31.6 Å². The lowest BCUT2D eigenvalue weighted by molar-refractivity contribution is 0.0302. The van der Waals surface area contributed by atoms with Crippen molar-refractivity contribution in [3.63, 3.8) is 0 Å². The second-order valence-electron chi connectivity index (χ2n) is 5.09. The first-order chi connectivity index (χ1) is 11.1. The van der Waals surface area contributed by atoms with E-state index in [9.17, 15) is 4.79 Å². The summed E-state index contributed by atoms with van der Waals surface area (Å²) in [6, 6.07) is 7.07. The van der Waals surface area contributed by atoms with Gasteiger partial charge in [0.2, 0.25) is 0 Å². The molecule has 1 saturated heterocycles. The van der Waals surface area contributed by atoms with Crippen LogP contribution in [0.25, 0.3) is 0 Å². The van der Waals surface area contributed by atoms with Gasteiger partial charge in [0, 0.05) is 19.3 Å². The maximum absolute atomic E-state index is 12.5. The summed E-state index contributed by atoms with van der Waals surface area (Å²) in [6.45, 7) is 2.32. The summed E-state index contributed by atoms with van der Waals surface area (Å²) in [4.78, 5) is 18.4. The molecule has 0 bridgehead atoms. The molecule has 1 aliphatic heterocycles. The number of pyridine rings is 1. The highest BCUT2D eigenvalue weighted by molar-refractivity contribution is 6.43. The fourth-order valence-corrected chi connectivity index (χ4v) is 2.68. The third-order valence-electron chi connectivity index (χ3n) is 3.51. The van der Waals surface area contributed by atoms with E-state index in [0.717, 1.165) is 0 Å². The molecule has 0 spiro atoms. The Kier molecular flexibility index (Phi) is 5.00. The minimum Gasteiger partial charge on any atom is -0.378 e. The van der Waals surface area contributed by atoms with E-state index >= 15 is 0 Å². The second-order valence-corrected chi connectivity index (χ2v) is 5.88. The fraction of sp³-hybridized carbons (Fsp3) is 0.250. The molecule has 0 radical (unpaired) electrons. The fourth-order valence-electron chi connectivity index (χ4n) is 2.33. The highest BCUT2D eigenvalue weighted by atomic mass is 35.5. The number of hydrogen-bond donors (Lipinski definition) is 1. The summed E-state index contributed by atoms with van der Waals surface area (Å²) < 4.78 is 5.26. The molecule has 0 aliphatic carbocycles. The van der Waals surface area contributed by atoms with Crippen molar-refractivity contribution < 1.29 is 9.53 Å². The van der Waals surface area contributed by atoms with Crippen molar-refractivity contribution in [1.82, 2.24) is 9.88 Å². The van der Waals surface area contributed by atoms with Crippen LogP contribution in [0.5, 0.6) is 0 Å². The van der Waals surface area contributed by atoms with Gasteiger partial charge >= 0.3 is 0 Å². The first kappa shape index (κ1) is 16.1. The summed E-state index contributed by atoms with van der Waals surface area (Å²) in [5, 5.41) is 4.03. The SMILES string of the molecule is O=C(c1cncc(Nc2cccc(Cl)c2Cl)c1)N1CCOCC1. The first-order valence-corrected chi connectivity index (χ1v) is 7.94. The number of hydrogen-bond acceptors (Lipinski definition) is 4. The van der Waals surface area contributed by atoms with E-state index in [-0.39, 0.29) is 5.91 Å². The Balaban J connectivity index is 1.79. The molecule has 3 rings (SSSR count). The lowest BCUT2D eigenvalue weighted by Crippen LogP contribution is -2.40. The molecule has 1 amide bonds. The Morgan fingerprint density at radius 2 is 2.00 bits per heavy atom. The molecule has 1 fully saturated rings. The van der Waals surface area contributed by atoms with Gasteiger partial charge in [0.15, 0.2) is 0 Å².